The van der Waals surface area contributed by atoms with Gasteiger partial charge in [0.25, 0.3) is 0 Å². The average molecular weight is 259 g/mol. The van der Waals surface area contributed by atoms with Crippen LogP contribution in [0.2, 0.25) is 0 Å². The second kappa shape index (κ2) is 4.54. The van der Waals surface area contributed by atoms with Crippen LogP contribution in [0.25, 0.3) is 0 Å². The fraction of sp³-hybridized carbons (Fsp3) is 0.222. The minimum atomic E-state index is -0.960. The first-order valence-electron chi connectivity index (χ1n) is 4.04. The van der Waals surface area contributed by atoms with Gasteiger partial charge in [0.1, 0.15) is 0 Å². The maximum absolute atomic E-state index is 10.6. The molecule has 1 unspecified atom stereocenters. The molecule has 0 heterocycles. The van der Waals surface area contributed by atoms with E-state index in [0.717, 1.165) is 5.56 Å². The van der Waals surface area contributed by atoms with Crippen molar-refractivity contribution in [3.05, 3.63) is 33.8 Å². The number of nitrogens with two attached hydrogens (primary N) is 2. The van der Waals surface area contributed by atoms with E-state index in [-0.39, 0.29) is 11.6 Å². The molecule has 5 heteroatoms. The number of carboxylic acids is 1. The number of rotatable bonds is 3. The lowest BCUT2D eigenvalue weighted by molar-refractivity contribution is 0.0697. The summed E-state index contributed by atoms with van der Waals surface area (Å²) in [7, 11) is 0. The minimum Gasteiger partial charge on any atom is -0.478 e. The number of hydrogen-bond acceptors (Lipinski definition) is 3. The van der Waals surface area contributed by atoms with Crippen LogP contribution >= 0.6 is 15.9 Å². The number of aromatic carboxylic acids is 1. The molecule has 0 aliphatic carbocycles. The molecule has 5 N–H and O–H groups in total. The highest BCUT2D eigenvalue weighted by atomic mass is 79.9. The third kappa shape index (κ3) is 2.31. The van der Waals surface area contributed by atoms with Gasteiger partial charge in [-0.15, -0.1) is 0 Å². The van der Waals surface area contributed by atoms with E-state index in [9.17, 15) is 4.79 Å². The van der Waals surface area contributed by atoms with Crippen molar-refractivity contribution in [3.63, 3.8) is 0 Å². The van der Waals surface area contributed by atoms with E-state index in [4.69, 9.17) is 16.6 Å². The molecule has 0 aliphatic heterocycles. The smallest absolute Gasteiger partial charge is 0.335 e. The summed E-state index contributed by atoms with van der Waals surface area (Å²) in [6.45, 7) is 0.324. The summed E-state index contributed by atoms with van der Waals surface area (Å²) < 4.78 is 0.676. The van der Waals surface area contributed by atoms with Gasteiger partial charge in [-0.3, -0.25) is 0 Å². The summed E-state index contributed by atoms with van der Waals surface area (Å²) in [6.07, 6.45) is 0. The van der Waals surface area contributed by atoms with Gasteiger partial charge in [-0.05, 0) is 17.7 Å². The standard InChI is InChI=1S/C9H11BrN2O2/c10-7-3-5(9(13)14)1-2-6(7)8(12)4-11/h1-3,8H,4,11-12H2,(H,13,14). The van der Waals surface area contributed by atoms with E-state index < -0.39 is 5.97 Å². The molecule has 0 spiro atoms. The van der Waals surface area contributed by atoms with Crippen molar-refractivity contribution in [3.8, 4) is 0 Å². The van der Waals surface area contributed by atoms with Crippen LogP contribution in [0.3, 0.4) is 0 Å². The molecule has 4 nitrogen and oxygen atoms in total. The van der Waals surface area contributed by atoms with E-state index in [1.54, 1.807) is 6.07 Å². The molecule has 14 heavy (non-hydrogen) atoms. The molecule has 1 rings (SSSR count). The molecule has 0 amide bonds. The van der Waals surface area contributed by atoms with Crippen molar-refractivity contribution in [2.45, 2.75) is 6.04 Å². The van der Waals surface area contributed by atoms with Crippen LogP contribution in [0, 0.1) is 0 Å². The summed E-state index contributed by atoms with van der Waals surface area (Å²) in [4.78, 5) is 10.6. The molecule has 1 aromatic rings. The molecule has 0 radical (unpaired) electrons. The van der Waals surface area contributed by atoms with E-state index in [2.05, 4.69) is 15.9 Å². The Morgan fingerprint density at radius 2 is 2.21 bits per heavy atom. The highest BCUT2D eigenvalue weighted by molar-refractivity contribution is 9.10. The predicted molar refractivity (Wildman–Crippen MR) is 57.1 cm³/mol. The lowest BCUT2D eigenvalue weighted by Crippen LogP contribution is -2.21. The Hall–Kier alpha value is -0.910. The molecule has 1 aromatic carbocycles. The number of benzene rings is 1. The summed E-state index contributed by atoms with van der Waals surface area (Å²) in [5, 5.41) is 8.72. The van der Waals surface area contributed by atoms with Crippen molar-refractivity contribution in [2.75, 3.05) is 6.54 Å². The van der Waals surface area contributed by atoms with Crippen LogP contribution in [0.1, 0.15) is 22.0 Å². The molecule has 0 saturated carbocycles. The van der Waals surface area contributed by atoms with Gasteiger partial charge in [0.05, 0.1) is 5.56 Å². The van der Waals surface area contributed by atoms with Gasteiger partial charge in [-0.1, -0.05) is 22.0 Å². The van der Waals surface area contributed by atoms with Gasteiger partial charge in [-0.25, -0.2) is 4.79 Å². The zero-order valence-corrected chi connectivity index (χ0v) is 8.99. The number of carboxylic acid groups (broad SMARTS) is 1. The van der Waals surface area contributed by atoms with Gasteiger partial charge < -0.3 is 16.6 Å². The number of hydrogen-bond donors (Lipinski definition) is 3. The second-order valence-corrected chi connectivity index (χ2v) is 3.74. The van der Waals surface area contributed by atoms with E-state index in [1.165, 1.54) is 12.1 Å². The van der Waals surface area contributed by atoms with Gasteiger partial charge >= 0.3 is 5.97 Å². The fourth-order valence-corrected chi connectivity index (χ4v) is 1.76. The normalized spacial score (nSPS) is 12.5. The van der Waals surface area contributed by atoms with Crippen LogP contribution < -0.4 is 11.5 Å². The van der Waals surface area contributed by atoms with Gasteiger partial charge in [-0.2, -0.15) is 0 Å². The zero-order chi connectivity index (χ0) is 10.7. The summed E-state index contributed by atoms with van der Waals surface area (Å²) in [6, 6.07) is 4.43. The SMILES string of the molecule is NCC(N)c1ccc(C(=O)O)cc1Br. The lowest BCUT2D eigenvalue weighted by atomic mass is 10.1. The largest absolute Gasteiger partial charge is 0.478 e. The monoisotopic (exact) mass is 258 g/mol. The van der Waals surface area contributed by atoms with Gasteiger partial charge in [0, 0.05) is 17.1 Å². The minimum absolute atomic E-state index is 0.227. The first-order valence-corrected chi connectivity index (χ1v) is 4.84. The van der Waals surface area contributed by atoms with Gasteiger partial charge in [0.15, 0.2) is 0 Å². The zero-order valence-electron chi connectivity index (χ0n) is 7.40. The molecular weight excluding hydrogens is 248 g/mol. The maximum atomic E-state index is 10.6. The summed E-state index contributed by atoms with van der Waals surface area (Å²) in [5.74, 6) is -0.960. The third-order valence-corrected chi connectivity index (χ3v) is 2.59. The third-order valence-electron chi connectivity index (χ3n) is 1.90. The lowest BCUT2D eigenvalue weighted by Gasteiger charge is -2.11. The molecule has 0 saturated heterocycles. The second-order valence-electron chi connectivity index (χ2n) is 2.88. The predicted octanol–water partition coefficient (Wildman–Crippen LogP) is 1.11. The van der Waals surface area contributed by atoms with Crippen LogP contribution in [-0.4, -0.2) is 17.6 Å². The molecule has 1 atom stereocenters. The van der Waals surface area contributed by atoms with E-state index in [1.807, 2.05) is 0 Å². The Labute approximate surface area is 90.0 Å². The molecule has 0 aromatic heterocycles. The highest BCUT2D eigenvalue weighted by Crippen LogP contribution is 2.22. The van der Waals surface area contributed by atoms with Crippen molar-refractivity contribution in [1.29, 1.82) is 0 Å². The van der Waals surface area contributed by atoms with Crippen molar-refractivity contribution in [2.24, 2.45) is 11.5 Å². The van der Waals surface area contributed by atoms with Crippen LogP contribution in [0.4, 0.5) is 0 Å². The van der Waals surface area contributed by atoms with Crippen molar-refractivity contribution in [1.82, 2.24) is 0 Å². The molecule has 76 valence electrons. The number of halogens is 1. The van der Waals surface area contributed by atoms with Crippen molar-refractivity contribution < 1.29 is 9.90 Å². The average Bonchev–Trinajstić information content (AvgIpc) is 2.16. The molecule has 0 aliphatic rings. The molecule has 0 bridgehead atoms. The Bertz CT molecular complexity index is 355. The quantitative estimate of drug-likeness (QED) is 0.758. The fourth-order valence-electron chi connectivity index (χ4n) is 1.09. The topological polar surface area (TPSA) is 89.3 Å². The molecular formula is C9H11BrN2O2. The van der Waals surface area contributed by atoms with Crippen LogP contribution in [-0.2, 0) is 0 Å². The van der Waals surface area contributed by atoms with Crippen LogP contribution in [0.15, 0.2) is 22.7 Å². The van der Waals surface area contributed by atoms with Crippen LogP contribution in [0.5, 0.6) is 0 Å². The van der Waals surface area contributed by atoms with Gasteiger partial charge in [0.2, 0.25) is 0 Å². The highest BCUT2D eigenvalue weighted by Gasteiger charge is 2.10. The van der Waals surface area contributed by atoms with E-state index in [0.29, 0.717) is 11.0 Å². The van der Waals surface area contributed by atoms with Crippen molar-refractivity contribution >= 4 is 21.9 Å². The maximum Gasteiger partial charge on any atom is 0.335 e. The Balaban J connectivity index is 3.07. The Kier molecular flexibility index (Phi) is 3.62. The van der Waals surface area contributed by atoms with E-state index >= 15 is 0 Å². The number of carbonyl (C=O) groups is 1. The Morgan fingerprint density at radius 3 is 2.64 bits per heavy atom. The first-order chi connectivity index (χ1) is 6.56. The Morgan fingerprint density at radius 1 is 1.57 bits per heavy atom. The summed E-state index contributed by atoms with van der Waals surface area (Å²) in [5.41, 5.74) is 12.2. The first kappa shape index (κ1) is 11.2. The summed E-state index contributed by atoms with van der Waals surface area (Å²) >= 11 is 3.26. The molecule has 0 fully saturated rings.